The van der Waals surface area contributed by atoms with Crippen molar-refractivity contribution >= 4 is 28.2 Å². The molecule has 0 bridgehead atoms. The quantitative estimate of drug-likeness (QED) is 0.836. The molecule has 2 rings (SSSR count). The second-order valence-corrected chi connectivity index (χ2v) is 5.21. The van der Waals surface area contributed by atoms with E-state index < -0.39 is 0 Å². The molecule has 0 aliphatic heterocycles. The van der Waals surface area contributed by atoms with Crippen LogP contribution < -0.4 is 5.32 Å². The minimum Gasteiger partial charge on any atom is -0.379 e. The van der Waals surface area contributed by atoms with Crippen LogP contribution in [0.15, 0.2) is 30.5 Å². The lowest BCUT2D eigenvalue weighted by Gasteiger charge is -2.19. The highest BCUT2D eigenvalue weighted by molar-refractivity contribution is 6.18. The van der Waals surface area contributed by atoms with E-state index >= 15 is 0 Å². The zero-order valence-corrected chi connectivity index (χ0v) is 11.5. The van der Waals surface area contributed by atoms with Crippen LogP contribution in [0, 0.1) is 5.92 Å². The van der Waals surface area contributed by atoms with Crippen LogP contribution in [-0.4, -0.2) is 22.1 Å². The molecule has 0 saturated heterocycles. The first-order chi connectivity index (χ1) is 8.70. The number of fused-ring (bicyclic) bond motifs is 1. The molecule has 1 atom stereocenters. The third-order valence-electron chi connectivity index (χ3n) is 2.85. The minimum absolute atomic E-state index is 0.263. The molecule has 0 spiro atoms. The van der Waals surface area contributed by atoms with Crippen LogP contribution in [0.2, 0.25) is 0 Å². The number of hydrogen-bond donors (Lipinski definition) is 1. The van der Waals surface area contributed by atoms with Gasteiger partial charge in [0.25, 0.3) is 0 Å². The van der Waals surface area contributed by atoms with Crippen molar-refractivity contribution in [3.8, 4) is 0 Å². The second-order valence-electron chi connectivity index (χ2n) is 4.90. The molecular formula is C14H18ClN3. The van der Waals surface area contributed by atoms with Gasteiger partial charge in [0, 0.05) is 17.3 Å². The number of anilines is 1. The molecule has 1 heterocycles. The lowest BCUT2D eigenvalue weighted by atomic mass is 10.0. The minimum atomic E-state index is 0.263. The lowest BCUT2D eigenvalue weighted by Crippen LogP contribution is -2.23. The summed E-state index contributed by atoms with van der Waals surface area (Å²) < 4.78 is 0. The fraction of sp³-hybridized carbons (Fsp3) is 0.429. The average molecular weight is 264 g/mol. The Morgan fingerprint density at radius 2 is 2.06 bits per heavy atom. The Morgan fingerprint density at radius 1 is 1.28 bits per heavy atom. The highest BCUT2D eigenvalue weighted by Crippen LogP contribution is 2.22. The zero-order chi connectivity index (χ0) is 13.0. The predicted molar refractivity (Wildman–Crippen MR) is 77.1 cm³/mol. The number of nitrogens with one attached hydrogen (secondary N) is 1. The zero-order valence-electron chi connectivity index (χ0n) is 10.7. The molecule has 0 fully saturated rings. The van der Waals surface area contributed by atoms with E-state index in [0.717, 1.165) is 23.0 Å². The Labute approximate surface area is 113 Å². The van der Waals surface area contributed by atoms with Crippen molar-refractivity contribution in [2.24, 2.45) is 5.92 Å². The monoisotopic (exact) mass is 263 g/mol. The summed E-state index contributed by atoms with van der Waals surface area (Å²) in [5.41, 5.74) is 1.91. The van der Waals surface area contributed by atoms with Crippen LogP contribution in [-0.2, 0) is 0 Å². The van der Waals surface area contributed by atoms with Gasteiger partial charge in [0.1, 0.15) is 0 Å². The second kappa shape index (κ2) is 6.01. The van der Waals surface area contributed by atoms with E-state index in [-0.39, 0.29) is 6.04 Å². The molecular weight excluding hydrogens is 246 g/mol. The third kappa shape index (κ3) is 3.10. The average Bonchev–Trinajstić information content (AvgIpc) is 2.38. The molecule has 0 aliphatic rings. The van der Waals surface area contributed by atoms with E-state index in [2.05, 4.69) is 29.4 Å². The van der Waals surface area contributed by atoms with Gasteiger partial charge in [-0.3, -0.25) is 0 Å². The van der Waals surface area contributed by atoms with Crippen LogP contribution in [0.5, 0.6) is 0 Å². The maximum absolute atomic E-state index is 6.01. The summed E-state index contributed by atoms with van der Waals surface area (Å²) >= 11 is 6.01. The van der Waals surface area contributed by atoms with Gasteiger partial charge in [-0.1, -0.05) is 32.0 Å². The molecule has 1 aromatic carbocycles. The van der Waals surface area contributed by atoms with Crippen molar-refractivity contribution in [3.63, 3.8) is 0 Å². The smallest absolute Gasteiger partial charge is 0.0950 e. The fourth-order valence-electron chi connectivity index (χ4n) is 2.07. The normalized spacial score (nSPS) is 12.9. The largest absolute Gasteiger partial charge is 0.379 e. The summed E-state index contributed by atoms with van der Waals surface area (Å²) in [6.45, 7) is 4.40. The Hall–Kier alpha value is -1.35. The summed E-state index contributed by atoms with van der Waals surface area (Å²) in [7, 11) is 0. The van der Waals surface area contributed by atoms with Gasteiger partial charge in [0.2, 0.25) is 0 Å². The molecule has 0 radical (unpaired) electrons. The first-order valence-corrected chi connectivity index (χ1v) is 6.77. The Kier molecular flexibility index (Phi) is 4.37. The molecule has 1 unspecified atom stereocenters. The Morgan fingerprint density at radius 3 is 2.78 bits per heavy atom. The molecule has 2 aromatic rings. The van der Waals surface area contributed by atoms with Gasteiger partial charge in [0.05, 0.1) is 17.4 Å². The van der Waals surface area contributed by atoms with Crippen LogP contribution in [0.25, 0.3) is 10.9 Å². The van der Waals surface area contributed by atoms with Gasteiger partial charge < -0.3 is 5.32 Å². The van der Waals surface area contributed by atoms with Gasteiger partial charge in [-0.05, 0) is 18.4 Å². The number of alkyl halides is 1. The molecule has 0 aliphatic carbocycles. The predicted octanol–water partition coefficient (Wildman–Crippen LogP) is 3.70. The third-order valence-corrected chi connectivity index (χ3v) is 3.22. The van der Waals surface area contributed by atoms with E-state index in [1.54, 1.807) is 6.20 Å². The van der Waals surface area contributed by atoms with Crippen LogP contribution in [0.4, 0.5) is 5.69 Å². The van der Waals surface area contributed by atoms with Gasteiger partial charge in [0.15, 0.2) is 0 Å². The molecule has 0 saturated carbocycles. The topological polar surface area (TPSA) is 37.8 Å². The van der Waals surface area contributed by atoms with Crippen molar-refractivity contribution in [2.45, 2.75) is 26.3 Å². The lowest BCUT2D eigenvalue weighted by molar-refractivity contribution is 0.542. The van der Waals surface area contributed by atoms with Crippen molar-refractivity contribution in [3.05, 3.63) is 30.5 Å². The van der Waals surface area contributed by atoms with Crippen molar-refractivity contribution in [1.82, 2.24) is 10.2 Å². The molecule has 96 valence electrons. The van der Waals surface area contributed by atoms with Gasteiger partial charge in [-0.2, -0.15) is 10.2 Å². The molecule has 0 amide bonds. The van der Waals surface area contributed by atoms with Gasteiger partial charge in [-0.25, -0.2) is 0 Å². The first kappa shape index (κ1) is 13.1. The highest BCUT2D eigenvalue weighted by atomic mass is 35.5. The van der Waals surface area contributed by atoms with Crippen molar-refractivity contribution in [2.75, 3.05) is 11.2 Å². The number of aromatic nitrogens is 2. The van der Waals surface area contributed by atoms with Crippen LogP contribution >= 0.6 is 11.6 Å². The molecule has 3 nitrogen and oxygen atoms in total. The number of benzene rings is 1. The maximum Gasteiger partial charge on any atom is 0.0950 e. The summed E-state index contributed by atoms with van der Waals surface area (Å²) in [6.07, 6.45) is 2.81. The molecule has 4 heteroatoms. The van der Waals surface area contributed by atoms with Gasteiger partial charge in [-0.15, -0.1) is 11.6 Å². The fourth-order valence-corrected chi connectivity index (χ4v) is 2.27. The Bertz CT molecular complexity index is 508. The van der Waals surface area contributed by atoms with Gasteiger partial charge >= 0.3 is 0 Å². The van der Waals surface area contributed by atoms with Crippen molar-refractivity contribution in [1.29, 1.82) is 0 Å². The Balaban J connectivity index is 2.25. The van der Waals surface area contributed by atoms with E-state index in [4.69, 9.17) is 11.6 Å². The maximum atomic E-state index is 6.01. The summed E-state index contributed by atoms with van der Waals surface area (Å²) in [4.78, 5) is 0. The summed E-state index contributed by atoms with van der Waals surface area (Å²) in [5.74, 6) is 1.21. The number of hydrogen-bond acceptors (Lipinski definition) is 3. The van der Waals surface area contributed by atoms with E-state index in [9.17, 15) is 0 Å². The molecule has 18 heavy (non-hydrogen) atoms. The van der Waals surface area contributed by atoms with Crippen molar-refractivity contribution < 1.29 is 0 Å². The molecule has 1 N–H and O–H groups in total. The SMILES string of the molecule is CC(C)CC(CCl)Nc1cnnc2ccccc12. The van der Waals surface area contributed by atoms with E-state index in [1.165, 1.54) is 0 Å². The number of rotatable bonds is 5. The van der Waals surface area contributed by atoms with E-state index in [1.807, 2.05) is 24.3 Å². The highest BCUT2D eigenvalue weighted by Gasteiger charge is 2.11. The summed E-state index contributed by atoms with van der Waals surface area (Å²) in [5, 5.41) is 12.7. The standard InChI is InChI=1S/C14H18ClN3/c1-10(2)7-11(8-15)17-14-9-16-18-13-6-4-3-5-12(13)14/h3-6,9-11H,7-8H2,1-2H3,(H,17,18). The first-order valence-electron chi connectivity index (χ1n) is 6.23. The van der Waals surface area contributed by atoms with Crippen LogP contribution in [0.1, 0.15) is 20.3 Å². The number of halogens is 1. The summed E-state index contributed by atoms with van der Waals surface area (Å²) in [6, 6.07) is 8.25. The van der Waals surface area contributed by atoms with Crippen LogP contribution in [0.3, 0.4) is 0 Å². The molecule has 1 aromatic heterocycles. The number of nitrogens with zero attached hydrogens (tertiary/aromatic N) is 2. The van der Waals surface area contributed by atoms with E-state index in [0.29, 0.717) is 11.8 Å².